The number of carbonyl (C=O) groups excluding carboxylic acids is 1. The molecule has 1 saturated heterocycles. The molecule has 188 valence electrons. The molecule has 10 nitrogen and oxygen atoms in total. The predicted octanol–water partition coefficient (Wildman–Crippen LogP) is 0.623. The summed E-state index contributed by atoms with van der Waals surface area (Å²) in [5, 5.41) is 6.27. The lowest BCUT2D eigenvalue weighted by Crippen LogP contribution is -2.44. The van der Waals surface area contributed by atoms with Gasteiger partial charge in [0.25, 0.3) is 5.56 Å². The highest BCUT2D eigenvalue weighted by molar-refractivity contribution is 5.80. The van der Waals surface area contributed by atoms with Crippen molar-refractivity contribution in [2.45, 2.75) is 52.2 Å². The van der Waals surface area contributed by atoms with Crippen molar-refractivity contribution in [1.29, 1.82) is 0 Å². The van der Waals surface area contributed by atoms with E-state index in [4.69, 9.17) is 4.98 Å². The van der Waals surface area contributed by atoms with Crippen molar-refractivity contribution < 1.29 is 4.79 Å². The molecule has 0 bridgehead atoms. The number of aryl methyl sites for hydroxylation is 1. The summed E-state index contributed by atoms with van der Waals surface area (Å²) in [6.07, 6.45) is 2.53. The molecule has 1 aromatic carbocycles. The van der Waals surface area contributed by atoms with Gasteiger partial charge >= 0.3 is 5.69 Å². The molecule has 0 radical (unpaired) electrons. The van der Waals surface area contributed by atoms with Crippen LogP contribution in [0.1, 0.15) is 32.3 Å². The van der Waals surface area contributed by atoms with E-state index in [1.807, 2.05) is 19.1 Å². The maximum Gasteiger partial charge on any atom is 0.337 e. The number of rotatable bonds is 7. The van der Waals surface area contributed by atoms with Gasteiger partial charge in [0.15, 0.2) is 11.2 Å². The number of aromatic nitrogens is 4. The number of hydrogen-bond donors (Lipinski definition) is 2. The van der Waals surface area contributed by atoms with Crippen molar-refractivity contribution in [2.75, 3.05) is 31.1 Å². The second-order valence-electron chi connectivity index (χ2n) is 9.17. The standard InChI is InChI=1S/C26H31N7O3/c1-3-5-14-31-22-23(29-25(31)30-15-12-27-13-16-30)32(17-21(34)28-19-10-11-19)26(36)33(24(22)35)20-9-7-6-8-18(20)4-2/h6-9,19,27H,4,10-17H2,1-2H3,(H,28,34). The summed E-state index contributed by atoms with van der Waals surface area (Å²) in [5.74, 6) is 6.28. The Morgan fingerprint density at radius 2 is 1.92 bits per heavy atom. The number of nitrogens with one attached hydrogen (secondary N) is 2. The van der Waals surface area contributed by atoms with Crippen LogP contribution in [0.25, 0.3) is 16.9 Å². The highest BCUT2D eigenvalue weighted by atomic mass is 16.2. The van der Waals surface area contributed by atoms with Gasteiger partial charge in [0, 0.05) is 32.2 Å². The molecule has 0 unspecified atom stereocenters. The maximum atomic E-state index is 14.0. The summed E-state index contributed by atoms with van der Waals surface area (Å²) >= 11 is 0. The van der Waals surface area contributed by atoms with E-state index in [9.17, 15) is 14.4 Å². The van der Waals surface area contributed by atoms with Crippen molar-refractivity contribution in [2.24, 2.45) is 0 Å². The molecule has 2 N–H and O–H groups in total. The first-order valence-corrected chi connectivity index (χ1v) is 12.5. The summed E-state index contributed by atoms with van der Waals surface area (Å²) in [4.78, 5) is 47.6. The molecular formula is C26H31N7O3. The van der Waals surface area contributed by atoms with Gasteiger partial charge in [0.05, 0.1) is 12.2 Å². The molecule has 10 heteroatoms. The molecule has 1 saturated carbocycles. The molecular weight excluding hydrogens is 458 g/mol. The van der Waals surface area contributed by atoms with E-state index in [1.54, 1.807) is 23.6 Å². The van der Waals surface area contributed by atoms with Gasteiger partial charge in [-0.3, -0.25) is 18.7 Å². The zero-order valence-corrected chi connectivity index (χ0v) is 20.7. The van der Waals surface area contributed by atoms with Crippen LogP contribution in [0.15, 0.2) is 33.9 Å². The van der Waals surface area contributed by atoms with Crippen LogP contribution in [-0.4, -0.2) is 56.8 Å². The molecule has 3 heterocycles. The number of hydrogen-bond acceptors (Lipinski definition) is 6. The Morgan fingerprint density at radius 1 is 1.17 bits per heavy atom. The van der Waals surface area contributed by atoms with Crippen LogP contribution < -0.4 is 26.8 Å². The monoisotopic (exact) mass is 489 g/mol. The van der Waals surface area contributed by atoms with E-state index in [0.717, 1.165) is 31.5 Å². The summed E-state index contributed by atoms with van der Waals surface area (Å²) in [7, 11) is 0. The van der Waals surface area contributed by atoms with Crippen molar-refractivity contribution in [3.05, 3.63) is 50.7 Å². The Hall–Kier alpha value is -3.84. The molecule has 0 spiro atoms. The fourth-order valence-electron chi connectivity index (χ4n) is 4.67. The van der Waals surface area contributed by atoms with Gasteiger partial charge in [0.1, 0.15) is 6.54 Å². The minimum absolute atomic E-state index is 0.157. The van der Waals surface area contributed by atoms with Crippen LogP contribution in [0.4, 0.5) is 5.95 Å². The Balaban J connectivity index is 1.80. The average molecular weight is 490 g/mol. The van der Waals surface area contributed by atoms with Gasteiger partial charge < -0.3 is 15.5 Å². The van der Waals surface area contributed by atoms with Crippen molar-refractivity contribution in [3.8, 4) is 17.5 Å². The molecule has 36 heavy (non-hydrogen) atoms. The van der Waals surface area contributed by atoms with E-state index in [0.29, 0.717) is 31.1 Å². The zero-order chi connectivity index (χ0) is 25.2. The fourth-order valence-corrected chi connectivity index (χ4v) is 4.67. The first-order valence-electron chi connectivity index (χ1n) is 12.5. The fraction of sp³-hybridized carbons (Fsp3) is 0.462. The third kappa shape index (κ3) is 4.42. The van der Waals surface area contributed by atoms with E-state index >= 15 is 0 Å². The molecule has 5 rings (SSSR count). The van der Waals surface area contributed by atoms with Gasteiger partial charge in [-0.1, -0.05) is 31.0 Å². The topological polar surface area (TPSA) is 106 Å². The Labute approximate surface area is 208 Å². The summed E-state index contributed by atoms with van der Waals surface area (Å²) < 4.78 is 4.31. The minimum atomic E-state index is -0.572. The number of imidazole rings is 1. The number of fused-ring (bicyclic) bond motifs is 1. The molecule has 2 aliphatic rings. The lowest BCUT2D eigenvalue weighted by atomic mass is 10.1. The molecule has 3 aromatic rings. The molecule has 1 aliphatic carbocycles. The third-order valence-corrected chi connectivity index (χ3v) is 6.68. The first kappa shape index (κ1) is 23.9. The summed E-state index contributed by atoms with van der Waals surface area (Å²) in [6, 6.07) is 7.52. The highest BCUT2D eigenvalue weighted by Gasteiger charge is 2.28. The van der Waals surface area contributed by atoms with Crippen molar-refractivity contribution in [1.82, 2.24) is 29.3 Å². The number of carbonyl (C=O) groups is 1. The maximum absolute atomic E-state index is 14.0. The molecule has 1 aliphatic heterocycles. The van der Waals surface area contributed by atoms with E-state index in [-0.39, 0.29) is 36.2 Å². The number of piperazine rings is 1. The Morgan fingerprint density at radius 3 is 2.61 bits per heavy atom. The largest absolute Gasteiger partial charge is 0.352 e. The van der Waals surface area contributed by atoms with Gasteiger partial charge in [-0.05, 0) is 37.8 Å². The summed E-state index contributed by atoms with van der Waals surface area (Å²) in [6.45, 7) is 6.76. The van der Waals surface area contributed by atoms with Crippen LogP contribution in [-0.2, 0) is 24.3 Å². The van der Waals surface area contributed by atoms with E-state index in [2.05, 4.69) is 27.4 Å². The molecule has 1 amide bonds. The SMILES string of the molecule is CC#CCn1c(N2CCNCC2)nc2c1c(=O)n(-c1ccccc1CC)c(=O)n2CC(=O)NC1CC1. The number of amides is 1. The average Bonchev–Trinajstić information content (AvgIpc) is 3.62. The number of anilines is 1. The molecule has 0 atom stereocenters. The number of nitrogens with zero attached hydrogens (tertiary/aromatic N) is 5. The lowest BCUT2D eigenvalue weighted by Gasteiger charge is -2.28. The Bertz CT molecular complexity index is 1480. The van der Waals surface area contributed by atoms with Gasteiger partial charge in [-0.25, -0.2) is 9.36 Å². The van der Waals surface area contributed by atoms with Crippen LogP contribution >= 0.6 is 0 Å². The van der Waals surface area contributed by atoms with Crippen LogP contribution in [0.2, 0.25) is 0 Å². The predicted molar refractivity (Wildman–Crippen MR) is 139 cm³/mol. The summed E-state index contributed by atoms with van der Waals surface area (Å²) in [5.41, 5.74) is 0.848. The van der Waals surface area contributed by atoms with Crippen LogP contribution in [0.3, 0.4) is 0 Å². The second-order valence-corrected chi connectivity index (χ2v) is 9.17. The second kappa shape index (κ2) is 10.0. The van der Waals surface area contributed by atoms with Gasteiger partial charge in [0.2, 0.25) is 11.9 Å². The molecule has 2 fully saturated rings. The van der Waals surface area contributed by atoms with Crippen molar-refractivity contribution in [3.63, 3.8) is 0 Å². The highest BCUT2D eigenvalue weighted by Crippen LogP contribution is 2.22. The van der Waals surface area contributed by atoms with Gasteiger partial charge in [-0.2, -0.15) is 4.98 Å². The molecule has 2 aromatic heterocycles. The van der Waals surface area contributed by atoms with Crippen LogP contribution in [0.5, 0.6) is 0 Å². The lowest BCUT2D eigenvalue weighted by molar-refractivity contribution is -0.121. The third-order valence-electron chi connectivity index (χ3n) is 6.68. The normalized spacial score (nSPS) is 15.6. The smallest absolute Gasteiger partial charge is 0.337 e. The minimum Gasteiger partial charge on any atom is -0.352 e. The zero-order valence-electron chi connectivity index (χ0n) is 20.7. The first-order chi connectivity index (χ1) is 17.5. The number of para-hydroxylation sites is 1. The van der Waals surface area contributed by atoms with Crippen LogP contribution in [0, 0.1) is 11.8 Å². The van der Waals surface area contributed by atoms with E-state index in [1.165, 1.54) is 9.13 Å². The quantitative estimate of drug-likeness (QED) is 0.472. The van der Waals surface area contributed by atoms with Crippen molar-refractivity contribution >= 4 is 23.0 Å². The Kier molecular flexibility index (Phi) is 6.65. The van der Waals surface area contributed by atoms with Gasteiger partial charge in [-0.15, -0.1) is 5.92 Å². The number of benzene rings is 1. The van der Waals surface area contributed by atoms with E-state index < -0.39 is 11.2 Å².